The van der Waals surface area contributed by atoms with Gasteiger partial charge >= 0.3 is 0 Å². The second-order valence-corrected chi connectivity index (χ2v) is 5.21. The van der Waals surface area contributed by atoms with E-state index in [0.29, 0.717) is 0 Å². The molecule has 0 aliphatic carbocycles. The van der Waals surface area contributed by atoms with Gasteiger partial charge < -0.3 is 14.6 Å². The van der Waals surface area contributed by atoms with Gasteiger partial charge in [-0.3, -0.25) is 4.79 Å². The van der Waals surface area contributed by atoms with Crippen LogP contribution in [0.5, 0.6) is 0 Å². The normalized spacial score (nSPS) is 18.9. The Kier molecular flexibility index (Phi) is 3.76. The van der Waals surface area contributed by atoms with Crippen molar-refractivity contribution in [3.63, 3.8) is 0 Å². The lowest BCUT2D eigenvalue weighted by Crippen LogP contribution is -2.51. The third kappa shape index (κ3) is 2.43. The molecule has 2 rings (SSSR count). The summed E-state index contributed by atoms with van der Waals surface area (Å²) in [5.74, 6) is 0.903. The summed E-state index contributed by atoms with van der Waals surface area (Å²) in [5.41, 5.74) is 0.895. The second-order valence-electron chi connectivity index (χ2n) is 5.21. The molecule has 0 bridgehead atoms. The summed E-state index contributed by atoms with van der Waals surface area (Å²) in [4.78, 5) is 14.3. The van der Waals surface area contributed by atoms with Gasteiger partial charge in [-0.2, -0.15) is 0 Å². The van der Waals surface area contributed by atoms with Crippen molar-refractivity contribution in [2.45, 2.75) is 38.6 Å². The quantitative estimate of drug-likeness (QED) is 0.893. The Balaban J connectivity index is 2.04. The molecule has 4 nitrogen and oxygen atoms in total. The third-order valence-corrected chi connectivity index (χ3v) is 4.05. The second kappa shape index (κ2) is 5.14. The smallest absolute Gasteiger partial charge is 0.257 e. The molecular weight excluding hydrogens is 228 g/mol. The van der Waals surface area contributed by atoms with E-state index in [0.717, 1.165) is 43.7 Å². The first-order valence-corrected chi connectivity index (χ1v) is 6.64. The highest BCUT2D eigenvalue weighted by atomic mass is 16.3. The number of rotatable bonds is 3. The number of likely N-dealkylation sites (tertiary alicyclic amines) is 1. The van der Waals surface area contributed by atoms with Crippen LogP contribution in [-0.2, 0) is 6.42 Å². The fourth-order valence-corrected chi connectivity index (χ4v) is 2.43. The van der Waals surface area contributed by atoms with Crippen LogP contribution in [0.1, 0.15) is 42.8 Å². The number of hydrogen-bond donors (Lipinski definition) is 1. The first-order chi connectivity index (χ1) is 8.59. The Labute approximate surface area is 108 Å². The summed E-state index contributed by atoms with van der Waals surface area (Å²) in [6.07, 6.45) is 4.35. The highest BCUT2D eigenvalue weighted by molar-refractivity contribution is 5.95. The van der Waals surface area contributed by atoms with Gasteiger partial charge in [-0.05, 0) is 32.9 Å². The van der Waals surface area contributed by atoms with Gasteiger partial charge in [-0.25, -0.2) is 0 Å². The van der Waals surface area contributed by atoms with Crippen LogP contribution in [0.25, 0.3) is 0 Å². The average Bonchev–Trinajstić information content (AvgIpc) is 2.87. The number of carbonyl (C=O) groups is 1. The average molecular weight is 250 g/mol. The summed E-state index contributed by atoms with van der Waals surface area (Å²) in [5, 5.41) is 3.34. The molecule has 0 aromatic carbocycles. The summed E-state index contributed by atoms with van der Waals surface area (Å²) < 4.78 is 5.33. The van der Waals surface area contributed by atoms with E-state index in [1.54, 1.807) is 12.3 Å². The van der Waals surface area contributed by atoms with E-state index < -0.39 is 0 Å². The summed E-state index contributed by atoms with van der Waals surface area (Å²) in [6.45, 7) is 5.84. The number of amides is 1. The SMILES string of the molecule is CCc1occc1C(=O)N1CCC(C)(NC)CC1. The van der Waals surface area contributed by atoms with E-state index in [-0.39, 0.29) is 11.4 Å². The predicted octanol–water partition coefficient (Wildman–Crippen LogP) is 2.06. The minimum Gasteiger partial charge on any atom is -0.469 e. The highest BCUT2D eigenvalue weighted by Gasteiger charge is 2.31. The molecule has 1 N–H and O–H groups in total. The lowest BCUT2D eigenvalue weighted by molar-refractivity contribution is 0.0659. The monoisotopic (exact) mass is 250 g/mol. The third-order valence-electron chi connectivity index (χ3n) is 4.05. The molecule has 4 heteroatoms. The largest absolute Gasteiger partial charge is 0.469 e. The first-order valence-electron chi connectivity index (χ1n) is 6.64. The van der Waals surface area contributed by atoms with E-state index in [4.69, 9.17) is 4.42 Å². The van der Waals surface area contributed by atoms with Gasteiger partial charge in [-0.15, -0.1) is 0 Å². The standard InChI is InChI=1S/C14H22N2O2/c1-4-12-11(5-10-18-12)13(17)16-8-6-14(2,15-3)7-9-16/h5,10,15H,4,6-9H2,1-3H3. The van der Waals surface area contributed by atoms with E-state index in [1.807, 2.05) is 18.9 Å². The Morgan fingerprint density at radius 3 is 2.72 bits per heavy atom. The van der Waals surface area contributed by atoms with Crippen molar-refractivity contribution >= 4 is 5.91 Å². The van der Waals surface area contributed by atoms with E-state index >= 15 is 0 Å². The molecule has 1 aliphatic rings. The zero-order valence-electron chi connectivity index (χ0n) is 11.5. The molecule has 2 heterocycles. The van der Waals surface area contributed by atoms with Crippen molar-refractivity contribution in [1.82, 2.24) is 10.2 Å². The molecule has 1 saturated heterocycles. The van der Waals surface area contributed by atoms with Gasteiger partial charge in [-0.1, -0.05) is 6.92 Å². The molecule has 1 amide bonds. The molecule has 0 unspecified atom stereocenters. The van der Waals surface area contributed by atoms with Crippen molar-refractivity contribution in [1.29, 1.82) is 0 Å². The van der Waals surface area contributed by atoms with Gasteiger partial charge in [0.1, 0.15) is 5.76 Å². The van der Waals surface area contributed by atoms with Crippen LogP contribution < -0.4 is 5.32 Å². The van der Waals surface area contributed by atoms with Crippen LogP contribution in [0.3, 0.4) is 0 Å². The van der Waals surface area contributed by atoms with Crippen molar-refractivity contribution < 1.29 is 9.21 Å². The van der Waals surface area contributed by atoms with Crippen LogP contribution in [0, 0.1) is 0 Å². The fourth-order valence-electron chi connectivity index (χ4n) is 2.43. The summed E-state index contributed by atoms with van der Waals surface area (Å²) in [7, 11) is 1.99. The highest BCUT2D eigenvalue weighted by Crippen LogP contribution is 2.23. The first kappa shape index (κ1) is 13.1. The molecule has 0 atom stereocenters. The number of nitrogens with zero attached hydrogens (tertiary/aromatic N) is 1. The zero-order valence-corrected chi connectivity index (χ0v) is 11.5. The number of furan rings is 1. The molecule has 1 aliphatic heterocycles. The number of carbonyl (C=O) groups excluding carboxylic acids is 1. The maximum atomic E-state index is 12.4. The van der Waals surface area contributed by atoms with Crippen LogP contribution in [0.15, 0.2) is 16.7 Å². The maximum Gasteiger partial charge on any atom is 0.257 e. The van der Waals surface area contributed by atoms with Crippen LogP contribution >= 0.6 is 0 Å². The lowest BCUT2D eigenvalue weighted by Gasteiger charge is -2.39. The summed E-state index contributed by atoms with van der Waals surface area (Å²) in [6, 6.07) is 1.78. The Morgan fingerprint density at radius 2 is 2.17 bits per heavy atom. The van der Waals surface area contributed by atoms with Gasteiger partial charge in [0.15, 0.2) is 0 Å². The Morgan fingerprint density at radius 1 is 1.50 bits per heavy atom. The van der Waals surface area contributed by atoms with Gasteiger partial charge in [0.05, 0.1) is 11.8 Å². The zero-order chi connectivity index (χ0) is 13.2. The molecule has 0 radical (unpaired) electrons. The molecule has 18 heavy (non-hydrogen) atoms. The topological polar surface area (TPSA) is 45.5 Å². The van der Waals surface area contributed by atoms with E-state index in [1.165, 1.54) is 0 Å². The molecule has 0 spiro atoms. The summed E-state index contributed by atoms with van der Waals surface area (Å²) >= 11 is 0. The molecular formula is C14H22N2O2. The molecule has 100 valence electrons. The molecule has 0 saturated carbocycles. The minimum atomic E-state index is 0.110. The van der Waals surface area contributed by atoms with E-state index in [9.17, 15) is 4.79 Å². The molecule has 1 fully saturated rings. The van der Waals surface area contributed by atoms with Crippen LogP contribution in [0.2, 0.25) is 0 Å². The maximum absolute atomic E-state index is 12.4. The van der Waals surface area contributed by atoms with Gasteiger partial charge in [0.25, 0.3) is 5.91 Å². The Bertz CT molecular complexity index is 417. The van der Waals surface area contributed by atoms with Crippen molar-refractivity contribution in [2.24, 2.45) is 0 Å². The van der Waals surface area contributed by atoms with E-state index in [2.05, 4.69) is 12.2 Å². The van der Waals surface area contributed by atoms with Crippen molar-refractivity contribution in [3.8, 4) is 0 Å². The fraction of sp³-hybridized carbons (Fsp3) is 0.643. The Hall–Kier alpha value is -1.29. The van der Waals surface area contributed by atoms with Crippen molar-refractivity contribution in [3.05, 3.63) is 23.7 Å². The van der Waals surface area contributed by atoms with Crippen LogP contribution in [-0.4, -0.2) is 36.5 Å². The van der Waals surface area contributed by atoms with Gasteiger partial charge in [0.2, 0.25) is 0 Å². The lowest BCUT2D eigenvalue weighted by atomic mass is 9.89. The van der Waals surface area contributed by atoms with Crippen LogP contribution in [0.4, 0.5) is 0 Å². The predicted molar refractivity (Wildman–Crippen MR) is 70.7 cm³/mol. The molecule has 1 aromatic rings. The number of aryl methyl sites for hydroxylation is 1. The number of hydrogen-bond acceptors (Lipinski definition) is 3. The number of nitrogens with one attached hydrogen (secondary N) is 1. The number of piperidine rings is 1. The molecule has 1 aromatic heterocycles. The minimum absolute atomic E-state index is 0.110. The van der Waals surface area contributed by atoms with Gasteiger partial charge in [0, 0.05) is 25.0 Å². The van der Waals surface area contributed by atoms with Crippen molar-refractivity contribution in [2.75, 3.05) is 20.1 Å².